The van der Waals surface area contributed by atoms with Crippen molar-refractivity contribution in [1.29, 1.82) is 5.41 Å². The fraction of sp³-hybridized carbons (Fsp3) is 0.833. The van der Waals surface area contributed by atoms with Crippen LogP contribution in [-0.2, 0) is 0 Å². The highest BCUT2D eigenvalue weighted by Crippen LogP contribution is 2.39. The number of nitrogens with one attached hydrogen (secondary N) is 1. The molecule has 8 heavy (non-hydrogen) atoms. The van der Waals surface area contributed by atoms with E-state index in [9.17, 15) is 0 Å². The minimum Gasteiger partial charge on any atom is -0.300 e. The van der Waals surface area contributed by atoms with Gasteiger partial charge in [-0.3, -0.25) is 0 Å². The predicted molar refractivity (Wildman–Crippen MR) is 43.4 cm³/mol. The third kappa shape index (κ3) is 1.86. The minimum atomic E-state index is -0.653. The molecule has 2 heteroatoms. The van der Waals surface area contributed by atoms with Gasteiger partial charge in [-0.05, 0) is 25.2 Å². The Morgan fingerprint density at radius 1 is 1.50 bits per heavy atom. The largest absolute Gasteiger partial charge is 0.300 e. The average molecular weight is 133 g/mol. The number of rotatable bonds is 1. The van der Waals surface area contributed by atoms with Gasteiger partial charge >= 0.3 is 0 Å². The van der Waals surface area contributed by atoms with Crippen LogP contribution in [0.15, 0.2) is 0 Å². The molecule has 1 nitrogen and oxygen atoms in total. The van der Waals surface area contributed by atoms with Gasteiger partial charge in [0, 0.05) is 5.04 Å². The highest BCUT2D eigenvalue weighted by Gasteiger charge is 2.09. The molecular weight excluding hydrogens is 118 g/mol. The van der Waals surface area contributed by atoms with Crippen LogP contribution < -0.4 is 0 Å². The van der Waals surface area contributed by atoms with Gasteiger partial charge < -0.3 is 5.41 Å². The SMILES string of the molecule is CCS(C)(C)C(C)=N. The second-order valence-corrected chi connectivity index (χ2v) is 6.65. The summed E-state index contributed by atoms with van der Waals surface area (Å²) in [4.78, 5) is 0. The molecule has 0 radical (unpaired) electrons. The van der Waals surface area contributed by atoms with Crippen LogP contribution in [0.1, 0.15) is 13.8 Å². The smallest absolute Gasteiger partial charge is 0.0436 e. The first-order chi connectivity index (χ1) is 3.50. The first-order valence-electron chi connectivity index (χ1n) is 2.77. The van der Waals surface area contributed by atoms with E-state index in [1.54, 1.807) is 0 Å². The average Bonchev–Trinajstić information content (AvgIpc) is 1.67. The van der Waals surface area contributed by atoms with Crippen molar-refractivity contribution in [3.63, 3.8) is 0 Å². The number of hydrogen-bond donors (Lipinski definition) is 1. The molecule has 0 fully saturated rings. The summed E-state index contributed by atoms with van der Waals surface area (Å²) in [5.41, 5.74) is 0. The molecular formula is C6H15NS. The van der Waals surface area contributed by atoms with E-state index in [0.717, 1.165) is 10.8 Å². The third-order valence-electron chi connectivity index (χ3n) is 1.55. The molecule has 0 aliphatic heterocycles. The number of hydrogen-bond acceptors (Lipinski definition) is 1. The van der Waals surface area contributed by atoms with Crippen LogP contribution in [0.4, 0.5) is 0 Å². The van der Waals surface area contributed by atoms with Crippen LogP contribution in [0.25, 0.3) is 0 Å². The van der Waals surface area contributed by atoms with Gasteiger partial charge in [-0.1, -0.05) is 6.92 Å². The standard InChI is InChI=1S/C6H15NS/c1-5-8(3,4)6(2)7/h7H,5H2,1-4H3. The van der Waals surface area contributed by atoms with Crippen LogP contribution in [0, 0.1) is 5.41 Å². The van der Waals surface area contributed by atoms with Crippen molar-refractivity contribution in [3.8, 4) is 0 Å². The molecule has 0 aromatic heterocycles. The summed E-state index contributed by atoms with van der Waals surface area (Å²) in [5, 5.41) is 8.20. The topological polar surface area (TPSA) is 23.9 Å². The van der Waals surface area contributed by atoms with Crippen molar-refractivity contribution >= 4 is 15.1 Å². The molecule has 0 spiro atoms. The van der Waals surface area contributed by atoms with Crippen LogP contribution in [0.3, 0.4) is 0 Å². The quantitative estimate of drug-likeness (QED) is 0.418. The van der Waals surface area contributed by atoms with Crippen molar-refractivity contribution in [2.24, 2.45) is 0 Å². The molecule has 0 heterocycles. The lowest BCUT2D eigenvalue weighted by atomic mass is 10.9. The first-order valence-corrected chi connectivity index (χ1v) is 5.38. The van der Waals surface area contributed by atoms with Gasteiger partial charge in [0.05, 0.1) is 0 Å². The van der Waals surface area contributed by atoms with E-state index in [1.807, 2.05) is 6.92 Å². The molecule has 0 aliphatic rings. The van der Waals surface area contributed by atoms with E-state index in [2.05, 4.69) is 19.4 Å². The zero-order valence-electron chi connectivity index (χ0n) is 6.12. The molecule has 0 aromatic carbocycles. The van der Waals surface area contributed by atoms with Crippen molar-refractivity contribution in [3.05, 3.63) is 0 Å². The maximum absolute atomic E-state index is 7.33. The summed E-state index contributed by atoms with van der Waals surface area (Å²) in [7, 11) is -0.653. The van der Waals surface area contributed by atoms with E-state index in [0.29, 0.717) is 0 Å². The maximum atomic E-state index is 7.33. The summed E-state index contributed by atoms with van der Waals surface area (Å²) in [6, 6.07) is 0. The summed E-state index contributed by atoms with van der Waals surface area (Å²) >= 11 is 0. The second-order valence-electron chi connectivity index (χ2n) is 2.38. The fourth-order valence-electron chi connectivity index (χ4n) is 0.217. The van der Waals surface area contributed by atoms with Crippen molar-refractivity contribution < 1.29 is 0 Å². The molecule has 0 aliphatic carbocycles. The van der Waals surface area contributed by atoms with Crippen LogP contribution >= 0.6 is 10.0 Å². The van der Waals surface area contributed by atoms with E-state index < -0.39 is 10.0 Å². The Hall–Kier alpha value is 0.0200. The Balaban J connectivity index is 3.91. The van der Waals surface area contributed by atoms with Crippen LogP contribution in [0.2, 0.25) is 0 Å². The molecule has 0 saturated carbocycles. The van der Waals surface area contributed by atoms with E-state index in [-0.39, 0.29) is 0 Å². The summed E-state index contributed by atoms with van der Waals surface area (Å²) in [6.45, 7) is 4.05. The lowest BCUT2D eigenvalue weighted by Gasteiger charge is -2.27. The Morgan fingerprint density at radius 2 is 1.88 bits per heavy atom. The Kier molecular flexibility index (Phi) is 2.54. The molecule has 0 bridgehead atoms. The summed E-state index contributed by atoms with van der Waals surface area (Å²) in [6.07, 6.45) is 4.35. The normalized spacial score (nSPS) is 13.5. The summed E-state index contributed by atoms with van der Waals surface area (Å²) in [5.74, 6) is 1.14. The van der Waals surface area contributed by atoms with Gasteiger partial charge in [-0.2, -0.15) is 0 Å². The van der Waals surface area contributed by atoms with E-state index in [1.165, 1.54) is 0 Å². The zero-order valence-corrected chi connectivity index (χ0v) is 6.93. The van der Waals surface area contributed by atoms with Crippen molar-refractivity contribution in [1.82, 2.24) is 0 Å². The van der Waals surface area contributed by atoms with E-state index >= 15 is 0 Å². The molecule has 0 atom stereocenters. The van der Waals surface area contributed by atoms with Crippen LogP contribution in [-0.4, -0.2) is 23.3 Å². The highest BCUT2D eigenvalue weighted by molar-refractivity contribution is 8.44. The third-order valence-corrected chi connectivity index (χ3v) is 4.65. The maximum Gasteiger partial charge on any atom is 0.0436 e. The van der Waals surface area contributed by atoms with Crippen molar-refractivity contribution in [2.75, 3.05) is 18.3 Å². The van der Waals surface area contributed by atoms with Crippen LogP contribution in [0.5, 0.6) is 0 Å². The summed E-state index contributed by atoms with van der Waals surface area (Å²) < 4.78 is 0. The lowest BCUT2D eigenvalue weighted by molar-refractivity contribution is 1.48. The molecule has 0 aromatic rings. The molecule has 50 valence electrons. The van der Waals surface area contributed by atoms with Gasteiger partial charge in [-0.25, -0.2) is 10.0 Å². The molecule has 0 saturated heterocycles. The Labute approximate surface area is 53.3 Å². The first kappa shape index (κ1) is 8.02. The van der Waals surface area contributed by atoms with E-state index in [4.69, 9.17) is 5.41 Å². The molecule has 0 amide bonds. The zero-order chi connectivity index (χ0) is 6.78. The lowest BCUT2D eigenvalue weighted by Crippen LogP contribution is -2.06. The molecule has 0 rings (SSSR count). The van der Waals surface area contributed by atoms with Crippen molar-refractivity contribution in [2.45, 2.75) is 13.8 Å². The van der Waals surface area contributed by atoms with Gasteiger partial charge in [0.1, 0.15) is 0 Å². The second kappa shape index (κ2) is 2.53. The minimum absolute atomic E-state index is 0.653. The molecule has 0 unspecified atom stereocenters. The van der Waals surface area contributed by atoms with Gasteiger partial charge in [0.15, 0.2) is 0 Å². The molecule has 1 N–H and O–H groups in total. The highest BCUT2D eigenvalue weighted by atomic mass is 32.3. The predicted octanol–water partition coefficient (Wildman–Crippen LogP) is 2.07. The van der Waals surface area contributed by atoms with Gasteiger partial charge in [0.2, 0.25) is 0 Å². The Morgan fingerprint density at radius 3 is 1.88 bits per heavy atom. The Bertz CT molecular complexity index is 96.7. The fourth-order valence-corrected chi connectivity index (χ4v) is 0.650. The monoisotopic (exact) mass is 133 g/mol. The van der Waals surface area contributed by atoms with Gasteiger partial charge in [-0.15, -0.1) is 0 Å². The van der Waals surface area contributed by atoms with Gasteiger partial charge in [0.25, 0.3) is 0 Å².